The number of carbonyl (C=O) groups is 2. The minimum Gasteiger partial charge on any atom is -0.497 e. The minimum atomic E-state index is -0.633. The lowest BCUT2D eigenvalue weighted by Crippen LogP contribution is -2.18. The third-order valence-corrected chi connectivity index (χ3v) is 4.65. The van der Waals surface area contributed by atoms with E-state index < -0.39 is 18.1 Å². The van der Waals surface area contributed by atoms with Crippen molar-refractivity contribution in [2.75, 3.05) is 25.6 Å². The van der Waals surface area contributed by atoms with Crippen LogP contribution < -0.4 is 20.3 Å². The van der Waals surface area contributed by atoms with Crippen LogP contribution in [0.1, 0.15) is 31.9 Å². The Morgan fingerprint density at radius 1 is 1.00 bits per heavy atom. The lowest BCUT2D eigenvalue weighted by Gasteiger charge is -2.20. The van der Waals surface area contributed by atoms with E-state index in [9.17, 15) is 9.59 Å². The average Bonchev–Trinajstić information content (AvgIpc) is 2.82. The molecule has 0 aromatic heterocycles. The molecule has 0 radical (unpaired) electrons. The van der Waals surface area contributed by atoms with Crippen LogP contribution in [-0.4, -0.2) is 42.6 Å². The van der Waals surface area contributed by atoms with Crippen LogP contribution in [0.5, 0.6) is 11.5 Å². The summed E-state index contributed by atoms with van der Waals surface area (Å²) < 4.78 is 16.2. The first-order chi connectivity index (χ1) is 16.3. The molecule has 2 rings (SSSR count). The number of allylic oxidation sites excluding steroid dienone is 2. The zero-order chi connectivity index (χ0) is 24.9. The van der Waals surface area contributed by atoms with Crippen molar-refractivity contribution in [2.45, 2.75) is 26.4 Å². The van der Waals surface area contributed by atoms with Gasteiger partial charge < -0.3 is 19.3 Å². The Hall–Kier alpha value is -3.82. The highest BCUT2D eigenvalue weighted by atomic mass is 16.6. The number of benzene rings is 2. The molecule has 0 aliphatic heterocycles. The molecule has 0 aliphatic rings. The van der Waals surface area contributed by atoms with Gasteiger partial charge in [0, 0.05) is 18.2 Å². The van der Waals surface area contributed by atoms with Crippen molar-refractivity contribution in [1.82, 2.24) is 5.48 Å². The highest BCUT2D eigenvalue weighted by Gasteiger charge is 2.18. The van der Waals surface area contributed by atoms with Crippen LogP contribution >= 0.6 is 0 Å². The van der Waals surface area contributed by atoms with Crippen molar-refractivity contribution in [1.29, 1.82) is 0 Å². The molecule has 4 N–H and O–H groups in total. The van der Waals surface area contributed by atoms with Gasteiger partial charge in [0.15, 0.2) is 0 Å². The van der Waals surface area contributed by atoms with Crippen molar-refractivity contribution in [3.8, 4) is 11.5 Å². The molecular weight excluding hydrogens is 440 g/mol. The maximum atomic E-state index is 12.6. The Bertz CT molecular complexity index is 999. The fraction of sp³-hybridized carbons (Fsp3) is 0.280. The number of aliphatic hydroxyl groups excluding tert-OH is 1. The van der Waals surface area contributed by atoms with E-state index in [1.807, 2.05) is 6.92 Å². The molecule has 0 aliphatic carbocycles. The zero-order valence-electron chi connectivity index (χ0n) is 19.4. The van der Waals surface area contributed by atoms with E-state index in [1.165, 1.54) is 6.08 Å². The Kier molecular flexibility index (Phi) is 10.6. The molecule has 2 aromatic rings. The molecule has 2 aromatic carbocycles. The minimum absolute atomic E-state index is 0.0931. The van der Waals surface area contributed by atoms with Crippen LogP contribution in [0.4, 0.5) is 10.5 Å². The predicted octanol–water partition coefficient (Wildman–Crippen LogP) is 4.14. The maximum absolute atomic E-state index is 12.6. The van der Waals surface area contributed by atoms with Crippen molar-refractivity contribution in [3.05, 3.63) is 77.4 Å². The summed E-state index contributed by atoms with van der Waals surface area (Å²) in [6.07, 6.45) is 2.13. The molecular formula is C25H30N2O7. The van der Waals surface area contributed by atoms with Crippen LogP contribution in [0.25, 0.3) is 0 Å². The van der Waals surface area contributed by atoms with Gasteiger partial charge in [0.1, 0.15) is 24.2 Å². The molecule has 9 heteroatoms. The number of methoxy groups -OCH3 is 1. The number of hydrogen-bond acceptors (Lipinski definition) is 7. The summed E-state index contributed by atoms with van der Waals surface area (Å²) in [5.74, 6) is 0.617. The Labute approximate surface area is 198 Å². The Morgan fingerprint density at radius 2 is 1.65 bits per heavy atom. The lowest BCUT2D eigenvalue weighted by atomic mass is 10.0. The molecule has 0 saturated heterocycles. The summed E-state index contributed by atoms with van der Waals surface area (Å²) in [7, 11) is 1.56. The van der Waals surface area contributed by atoms with Crippen molar-refractivity contribution in [2.24, 2.45) is 0 Å². The molecule has 182 valence electrons. The number of aliphatic hydroxyl groups is 1. The monoisotopic (exact) mass is 470 g/mol. The Balaban J connectivity index is 2.19. The van der Waals surface area contributed by atoms with E-state index in [2.05, 4.69) is 5.32 Å². The van der Waals surface area contributed by atoms with Gasteiger partial charge in [-0.1, -0.05) is 23.8 Å². The van der Waals surface area contributed by atoms with E-state index in [4.69, 9.17) is 24.5 Å². The van der Waals surface area contributed by atoms with Crippen molar-refractivity contribution in [3.63, 3.8) is 0 Å². The molecule has 2 amide bonds. The summed E-state index contributed by atoms with van der Waals surface area (Å²) in [6, 6.07) is 13.9. The number of anilines is 1. The van der Waals surface area contributed by atoms with Gasteiger partial charge >= 0.3 is 6.09 Å². The number of hydroxylamine groups is 1. The number of nitrogens with one attached hydrogen (secondary N) is 2. The lowest BCUT2D eigenvalue weighted by molar-refractivity contribution is -0.124. The molecule has 0 fully saturated rings. The first-order valence-corrected chi connectivity index (χ1v) is 10.6. The summed E-state index contributed by atoms with van der Waals surface area (Å²) in [5.41, 5.74) is 4.32. The van der Waals surface area contributed by atoms with Crippen LogP contribution in [0.2, 0.25) is 0 Å². The smallest absolute Gasteiger partial charge is 0.412 e. The van der Waals surface area contributed by atoms with Gasteiger partial charge in [0.25, 0.3) is 5.91 Å². The highest BCUT2D eigenvalue weighted by molar-refractivity contribution is 5.87. The number of carbonyl (C=O) groups excluding carboxylic acids is 2. The average molecular weight is 471 g/mol. The van der Waals surface area contributed by atoms with Crippen LogP contribution in [0, 0.1) is 0 Å². The zero-order valence-corrected chi connectivity index (χ0v) is 19.4. The Morgan fingerprint density at radius 3 is 2.24 bits per heavy atom. The molecule has 0 heterocycles. The molecule has 0 saturated carbocycles. The SMILES string of the molecule is COc1ccc(NC(=O)O[C@@H](C/C(C)=C/C(C)=C/C(=O)NO)c2ccc(OCCO)cc2)cc1. The van der Waals surface area contributed by atoms with Crippen LogP contribution in [0.15, 0.2) is 71.8 Å². The number of rotatable bonds is 11. The van der Waals surface area contributed by atoms with Gasteiger partial charge in [-0.15, -0.1) is 0 Å². The summed E-state index contributed by atoms with van der Waals surface area (Å²) in [5, 5.41) is 20.3. The highest BCUT2D eigenvalue weighted by Crippen LogP contribution is 2.28. The first-order valence-electron chi connectivity index (χ1n) is 10.6. The quantitative estimate of drug-likeness (QED) is 0.168. The van der Waals surface area contributed by atoms with E-state index in [1.54, 1.807) is 74.1 Å². The normalized spacial score (nSPS) is 12.5. The fourth-order valence-corrected chi connectivity index (χ4v) is 3.14. The van der Waals surface area contributed by atoms with Gasteiger partial charge in [0.05, 0.1) is 13.7 Å². The van der Waals surface area contributed by atoms with Crippen molar-refractivity contribution >= 4 is 17.7 Å². The number of amides is 2. The third kappa shape index (κ3) is 8.97. The van der Waals surface area contributed by atoms with Crippen molar-refractivity contribution < 1.29 is 34.1 Å². The maximum Gasteiger partial charge on any atom is 0.412 e. The first kappa shape index (κ1) is 26.4. The topological polar surface area (TPSA) is 126 Å². The van der Waals surface area contributed by atoms with E-state index in [0.29, 0.717) is 29.2 Å². The second kappa shape index (κ2) is 13.7. The molecule has 0 unspecified atom stereocenters. The predicted molar refractivity (Wildman–Crippen MR) is 127 cm³/mol. The van der Waals surface area contributed by atoms with Gasteiger partial charge in [-0.2, -0.15) is 0 Å². The van der Waals surface area contributed by atoms with Crippen LogP contribution in [-0.2, 0) is 9.53 Å². The molecule has 9 nitrogen and oxygen atoms in total. The third-order valence-electron chi connectivity index (χ3n) is 4.65. The standard InChI is InChI=1S/C25H30N2O7/c1-17(14-18(2)16-24(29)27-31)15-23(19-4-8-22(9-5-19)33-13-12-28)34-25(30)26-20-6-10-21(32-3)11-7-20/h4-11,14,16,23,28,31H,12-13,15H2,1-3H3,(H,26,30)(H,27,29)/b17-14+,18-16+/t23-/m0/s1. The second-order valence-electron chi connectivity index (χ2n) is 7.45. The molecule has 1 atom stereocenters. The summed E-state index contributed by atoms with van der Waals surface area (Å²) >= 11 is 0. The van der Waals surface area contributed by atoms with Gasteiger partial charge in [-0.3, -0.25) is 15.3 Å². The summed E-state index contributed by atoms with van der Waals surface area (Å²) in [4.78, 5) is 24.0. The van der Waals surface area contributed by atoms with Gasteiger partial charge in [-0.05, 0) is 61.4 Å². The van der Waals surface area contributed by atoms with Crippen LogP contribution in [0.3, 0.4) is 0 Å². The van der Waals surface area contributed by atoms with Gasteiger partial charge in [-0.25, -0.2) is 10.3 Å². The second-order valence-corrected chi connectivity index (χ2v) is 7.45. The number of hydrogen-bond donors (Lipinski definition) is 4. The number of ether oxygens (including phenoxy) is 3. The van der Waals surface area contributed by atoms with Gasteiger partial charge in [0.2, 0.25) is 0 Å². The van der Waals surface area contributed by atoms with E-state index in [-0.39, 0.29) is 13.2 Å². The molecule has 34 heavy (non-hydrogen) atoms. The molecule has 0 spiro atoms. The van der Waals surface area contributed by atoms with E-state index >= 15 is 0 Å². The summed E-state index contributed by atoms with van der Waals surface area (Å²) in [6.45, 7) is 3.66. The largest absolute Gasteiger partial charge is 0.497 e. The molecule has 0 bridgehead atoms. The van der Waals surface area contributed by atoms with E-state index in [0.717, 1.165) is 11.1 Å². The fourth-order valence-electron chi connectivity index (χ4n) is 3.14.